The number of hydrogen-bond donors (Lipinski definition) is 1. The molecule has 2 nitrogen and oxygen atoms in total. The van der Waals surface area contributed by atoms with Gasteiger partial charge in [0, 0.05) is 11.4 Å². The highest BCUT2D eigenvalue weighted by Crippen LogP contribution is 2.46. The van der Waals surface area contributed by atoms with Crippen molar-refractivity contribution in [1.82, 2.24) is 0 Å². The lowest BCUT2D eigenvalue weighted by atomic mass is 9.63. The molecule has 0 aromatic heterocycles. The van der Waals surface area contributed by atoms with Crippen LogP contribution in [-0.2, 0) is 6.42 Å². The van der Waals surface area contributed by atoms with Gasteiger partial charge in [0.1, 0.15) is 5.75 Å². The minimum atomic E-state index is -0.677. The minimum Gasteiger partial charge on any atom is -0.496 e. The highest BCUT2D eigenvalue weighted by molar-refractivity contribution is 6.30. The van der Waals surface area contributed by atoms with E-state index in [-0.39, 0.29) is 5.41 Å². The van der Waals surface area contributed by atoms with E-state index in [0.29, 0.717) is 11.4 Å². The molecule has 3 heteroatoms. The van der Waals surface area contributed by atoms with Crippen molar-refractivity contribution in [1.29, 1.82) is 0 Å². The van der Waals surface area contributed by atoms with Crippen molar-refractivity contribution in [3.63, 3.8) is 0 Å². The molecule has 0 spiro atoms. The van der Waals surface area contributed by atoms with Crippen LogP contribution in [0.2, 0.25) is 5.02 Å². The van der Waals surface area contributed by atoms with Crippen molar-refractivity contribution in [2.24, 2.45) is 5.41 Å². The Morgan fingerprint density at radius 3 is 2.58 bits per heavy atom. The Hall–Kier alpha value is -0.730. The van der Waals surface area contributed by atoms with E-state index in [9.17, 15) is 5.11 Å². The van der Waals surface area contributed by atoms with E-state index in [0.717, 1.165) is 30.6 Å². The van der Waals surface area contributed by atoms with E-state index in [1.54, 1.807) is 7.11 Å². The highest BCUT2D eigenvalue weighted by Gasteiger charge is 2.45. The first kappa shape index (κ1) is 14.7. The number of ether oxygens (including phenoxy) is 1. The van der Waals surface area contributed by atoms with Crippen LogP contribution >= 0.6 is 11.6 Å². The maximum atomic E-state index is 11.1. The standard InChI is InChI=1S/C16H23ClO2/c1-15(2)8-4-5-9-16(15,18)11-12-10-13(17)6-7-14(12)19-3/h6-7,10,18H,4-5,8-9,11H2,1-3H3. The van der Waals surface area contributed by atoms with E-state index in [1.165, 1.54) is 6.42 Å². The highest BCUT2D eigenvalue weighted by atomic mass is 35.5. The van der Waals surface area contributed by atoms with Crippen molar-refractivity contribution in [3.8, 4) is 5.75 Å². The SMILES string of the molecule is COc1ccc(Cl)cc1CC1(O)CCCCC1(C)C. The van der Waals surface area contributed by atoms with Gasteiger partial charge in [-0.1, -0.05) is 38.3 Å². The lowest BCUT2D eigenvalue weighted by molar-refractivity contribution is -0.0960. The molecule has 0 amide bonds. The van der Waals surface area contributed by atoms with Gasteiger partial charge in [-0.05, 0) is 42.0 Å². The normalized spacial score (nSPS) is 26.2. The van der Waals surface area contributed by atoms with Crippen LogP contribution in [0.4, 0.5) is 0 Å². The Kier molecular flexibility index (Phi) is 4.12. The van der Waals surface area contributed by atoms with E-state index >= 15 is 0 Å². The van der Waals surface area contributed by atoms with E-state index in [4.69, 9.17) is 16.3 Å². The Morgan fingerprint density at radius 2 is 1.95 bits per heavy atom. The van der Waals surface area contributed by atoms with Crippen LogP contribution in [0.25, 0.3) is 0 Å². The maximum absolute atomic E-state index is 11.1. The van der Waals surface area contributed by atoms with Gasteiger partial charge in [0.2, 0.25) is 0 Å². The van der Waals surface area contributed by atoms with E-state index < -0.39 is 5.60 Å². The average molecular weight is 283 g/mol. The molecule has 0 saturated heterocycles. The first-order valence-electron chi connectivity index (χ1n) is 6.93. The molecule has 106 valence electrons. The smallest absolute Gasteiger partial charge is 0.122 e. The van der Waals surface area contributed by atoms with E-state index in [1.807, 2.05) is 18.2 Å². The first-order valence-corrected chi connectivity index (χ1v) is 7.31. The Balaban J connectivity index is 2.31. The zero-order valence-corrected chi connectivity index (χ0v) is 12.8. The van der Waals surface area contributed by atoms with Crippen LogP contribution in [0.15, 0.2) is 18.2 Å². The molecule has 0 aliphatic heterocycles. The van der Waals surface area contributed by atoms with Gasteiger partial charge < -0.3 is 9.84 Å². The molecule has 1 aliphatic carbocycles. The van der Waals surface area contributed by atoms with Crippen LogP contribution in [-0.4, -0.2) is 17.8 Å². The predicted octanol–water partition coefficient (Wildman–Crippen LogP) is 4.22. The summed E-state index contributed by atoms with van der Waals surface area (Å²) in [5.74, 6) is 0.805. The third kappa shape index (κ3) is 2.90. The molecule has 0 heterocycles. The van der Waals surface area contributed by atoms with E-state index in [2.05, 4.69) is 13.8 Å². The summed E-state index contributed by atoms with van der Waals surface area (Å²) in [6, 6.07) is 5.60. The molecule has 1 atom stereocenters. The fourth-order valence-corrected chi connectivity index (χ4v) is 3.28. The van der Waals surface area contributed by atoms with Crippen molar-refractivity contribution in [3.05, 3.63) is 28.8 Å². The summed E-state index contributed by atoms with van der Waals surface area (Å²) < 4.78 is 5.39. The molecule has 1 aromatic carbocycles. The second-order valence-electron chi connectivity index (χ2n) is 6.26. The molecule has 1 unspecified atom stereocenters. The van der Waals surface area contributed by atoms with Crippen molar-refractivity contribution < 1.29 is 9.84 Å². The number of rotatable bonds is 3. The zero-order valence-electron chi connectivity index (χ0n) is 12.0. The van der Waals surface area contributed by atoms with Crippen molar-refractivity contribution in [2.45, 2.75) is 51.6 Å². The van der Waals surface area contributed by atoms with Crippen LogP contribution in [0, 0.1) is 5.41 Å². The third-order valence-corrected chi connectivity index (χ3v) is 4.86. The monoisotopic (exact) mass is 282 g/mol. The first-order chi connectivity index (χ1) is 8.88. The Labute approximate surface area is 120 Å². The van der Waals surface area contributed by atoms with Crippen molar-refractivity contribution in [2.75, 3.05) is 7.11 Å². The molecule has 1 aliphatic rings. The maximum Gasteiger partial charge on any atom is 0.122 e. The molecule has 0 radical (unpaired) electrons. The molecule has 1 fully saturated rings. The summed E-state index contributed by atoms with van der Waals surface area (Å²) >= 11 is 6.07. The van der Waals surface area contributed by atoms with Gasteiger partial charge in [0.15, 0.2) is 0 Å². The number of benzene rings is 1. The summed E-state index contributed by atoms with van der Waals surface area (Å²) in [5.41, 5.74) is 0.245. The number of aliphatic hydroxyl groups is 1. The molecule has 19 heavy (non-hydrogen) atoms. The molecule has 2 rings (SSSR count). The molecular weight excluding hydrogens is 260 g/mol. The lowest BCUT2D eigenvalue weighted by Crippen LogP contribution is -2.48. The molecule has 1 saturated carbocycles. The number of methoxy groups -OCH3 is 1. The second-order valence-corrected chi connectivity index (χ2v) is 6.69. The Morgan fingerprint density at radius 1 is 1.26 bits per heavy atom. The molecule has 0 bridgehead atoms. The summed E-state index contributed by atoms with van der Waals surface area (Å²) in [6.07, 6.45) is 4.79. The van der Waals surface area contributed by atoms with Gasteiger partial charge in [-0.2, -0.15) is 0 Å². The summed E-state index contributed by atoms with van der Waals surface area (Å²) in [4.78, 5) is 0. The van der Waals surface area contributed by atoms with Crippen LogP contribution in [0.5, 0.6) is 5.75 Å². The quantitative estimate of drug-likeness (QED) is 0.899. The fraction of sp³-hybridized carbons (Fsp3) is 0.625. The summed E-state index contributed by atoms with van der Waals surface area (Å²) in [7, 11) is 1.66. The molecule has 1 N–H and O–H groups in total. The second kappa shape index (κ2) is 5.34. The van der Waals surface area contributed by atoms with Crippen molar-refractivity contribution >= 4 is 11.6 Å². The minimum absolute atomic E-state index is 0.0709. The summed E-state index contributed by atoms with van der Waals surface area (Å²) in [6.45, 7) is 4.31. The topological polar surface area (TPSA) is 29.5 Å². The van der Waals surface area contributed by atoms with Gasteiger partial charge in [-0.15, -0.1) is 0 Å². The number of hydrogen-bond acceptors (Lipinski definition) is 2. The van der Waals surface area contributed by atoms with Crippen LogP contribution < -0.4 is 4.74 Å². The molecule has 1 aromatic rings. The lowest BCUT2D eigenvalue weighted by Gasteiger charge is -2.47. The zero-order chi connectivity index (χ0) is 14.1. The van der Waals surface area contributed by atoms with Gasteiger partial charge in [-0.3, -0.25) is 0 Å². The average Bonchev–Trinajstić information content (AvgIpc) is 2.33. The fourth-order valence-electron chi connectivity index (χ4n) is 3.08. The van der Waals surface area contributed by atoms with Gasteiger partial charge >= 0.3 is 0 Å². The largest absolute Gasteiger partial charge is 0.496 e. The van der Waals surface area contributed by atoms with Gasteiger partial charge in [0.05, 0.1) is 12.7 Å². The van der Waals surface area contributed by atoms with Crippen LogP contribution in [0.3, 0.4) is 0 Å². The predicted molar refractivity (Wildman–Crippen MR) is 78.9 cm³/mol. The molecular formula is C16H23ClO2. The summed E-state index contributed by atoms with van der Waals surface area (Å²) in [5, 5.41) is 11.8. The third-order valence-electron chi connectivity index (χ3n) is 4.63. The number of halogens is 1. The Bertz CT molecular complexity index is 456. The van der Waals surface area contributed by atoms with Crippen LogP contribution in [0.1, 0.15) is 45.1 Å². The van der Waals surface area contributed by atoms with Gasteiger partial charge in [-0.25, -0.2) is 0 Å². The van der Waals surface area contributed by atoms with Gasteiger partial charge in [0.25, 0.3) is 0 Å².